The largest absolute Gasteiger partial charge is 0.481 e. The Kier molecular flexibility index (Phi) is 8.35. The van der Waals surface area contributed by atoms with E-state index in [4.69, 9.17) is 15.6 Å². The van der Waals surface area contributed by atoms with Crippen LogP contribution < -0.4 is 10.6 Å². The van der Waals surface area contributed by atoms with E-state index in [1.165, 1.54) is 37.6 Å². The number of halogens is 1. The molecular formula is C18H25FN4O2. The number of ether oxygens (including phenoxy) is 1. The maximum absolute atomic E-state index is 13.5. The van der Waals surface area contributed by atoms with Gasteiger partial charge < -0.3 is 25.9 Å². The fraction of sp³-hybridized carbons (Fsp3) is 0.333. The van der Waals surface area contributed by atoms with Crippen molar-refractivity contribution < 1.29 is 14.2 Å². The van der Waals surface area contributed by atoms with Gasteiger partial charge in [0.15, 0.2) is 0 Å². The van der Waals surface area contributed by atoms with Gasteiger partial charge in [-0.3, -0.25) is 5.41 Å². The smallest absolute Gasteiger partial charge is 0.207 e. The Labute approximate surface area is 147 Å². The number of nitrogens with one attached hydrogen (secondary N) is 4. The van der Waals surface area contributed by atoms with E-state index in [0.717, 1.165) is 6.54 Å². The maximum Gasteiger partial charge on any atom is 0.207 e. The van der Waals surface area contributed by atoms with E-state index in [-0.39, 0.29) is 5.90 Å². The van der Waals surface area contributed by atoms with Crippen LogP contribution >= 0.6 is 0 Å². The van der Waals surface area contributed by atoms with Gasteiger partial charge in [-0.2, -0.15) is 0 Å². The van der Waals surface area contributed by atoms with Crippen LogP contribution in [0.2, 0.25) is 0 Å². The minimum absolute atomic E-state index is 0.0876. The quantitative estimate of drug-likeness (QED) is 0.350. The van der Waals surface area contributed by atoms with Crippen molar-refractivity contribution in [1.82, 2.24) is 10.6 Å². The van der Waals surface area contributed by atoms with Gasteiger partial charge in [-0.25, -0.2) is 4.39 Å². The summed E-state index contributed by atoms with van der Waals surface area (Å²) in [6, 6.07) is 4.09. The Morgan fingerprint density at radius 3 is 2.72 bits per heavy atom. The summed E-state index contributed by atoms with van der Waals surface area (Å²) in [6.45, 7) is 4.55. The van der Waals surface area contributed by atoms with Gasteiger partial charge in [0.1, 0.15) is 5.82 Å². The Balaban J connectivity index is 3.21. The summed E-state index contributed by atoms with van der Waals surface area (Å²) in [5.41, 5.74) is 2.14. The Hall–Kier alpha value is -2.67. The second-order valence-corrected chi connectivity index (χ2v) is 5.31. The standard InChI is InChI=1S/C18H25FN4O2/c1-4-22-10-13(9-20)11-23-17(8-18(21)25-3)15-6-5-14(19)7-16(15)12(2)24/h5-10,12,20-24H,4,11H2,1-3H3/b13-10+,17-8-,20-9?,21-18?/t12-/m1/s1. The highest BCUT2D eigenvalue weighted by Crippen LogP contribution is 2.24. The molecule has 0 aliphatic rings. The number of methoxy groups -OCH3 is 1. The molecule has 0 amide bonds. The van der Waals surface area contributed by atoms with E-state index in [2.05, 4.69) is 10.6 Å². The van der Waals surface area contributed by atoms with Gasteiger partial charge in [-0.15, -0.1) is 0 Å². The van der Waals surface area contributed by atoms with Crippen LogP contribution in [0.4, 0.5) is 4.39 Å². The van der Waals surface area contributed by atoms with Crippen molar-refractivity contribution in [2.75, 3.05) is 20.2 Å². The molecule has 0 bridgehead atoms. The number of benzene rings is 1. The molecule has 1 atom stereocenters. The van der Waals surface area contributed by atoms with Crippen LogP contribution in [0.15, 0.2) is 36.0 Å². The molecule has 0 aliphatic heterocycles. The Morgan fingerprint density at radius 1 is 1.44 bits per heavy atom. The highest BCUT2D eigenvalue weighted by molar-refractivity contribution is 5.93. The minimum Gasteiger partial charge on any atom is -0.481 e. The molecule has 7 heteroatoms. The number of hydrogen-bond acceptors (Lipinski definition) is 6. The lowest BCUT2D eigenvalue weighted by molar-refractivity contribution is 0.198. The van der Waals surface area contributed by atoms with Crippen molar-refractivity contribution in [3.05, 3.63) is 53.0 Å². The molecule has 0 radical (unpaired) electrons. The minimum atomic E-state index is -0.882. The van der Waals surface area contributed by atoms with Gasteiger partial charge in [0.2, 0.25) is 5.90 Å². The first-order valence-corrected chi connectivity index (χ1v) is 7.91. The molecule has 1 aromatic rings. The third-order valence-electron chi connectivity index (χ3n) is 3.41. The van der Waals surface area contributed by atoms with Gasteiger partial charge >= 0.3 is 0 Å². The SMILES string of the molecule is CCN/C=C(\C=N)CN/C(=C\C(=N)OC)c1ccc(F)cc1[C@@H](C)O. The number of hydrogen-bond donors (Lipinski definition) is 5. The molecule has 1 rings (SSSR count). The molecule has 0 spiro atoms. The summed E-state index contributed by atoms with van der Waals surface area (Å²) in [5.74, 6) is -0.538. The van der Waals surface area contributed by atoms with Gasteiger partial charge in [-0.1, -0.05) is 0 Å². The molecular weight excluding hydrogens is 323 g/mol. The van der Waals surface area contributed by atoms with E-state index in [9.17, 15) is 9.50 Å². The van der Waals surface area contributed by atoms with E-state index in [0.29, 0.717) is 28.9 Å². The summed E-state index contributed by atoms with van der Waals surface area (Å²) in [4.78, 5) is 0. The van der Waals surface area contributed by atoms with E-state index < -0.39 is 11.9 Å². The summed E-state index contributed by atoms with van der Waals surface area (Å²) >= 11 is 0. The van der Waals surface area contributed by atoms with Crippen LogP contribution in [0.1, 0.15) is 31.1 Å². The lowest BCUT2D eigenvalue weighted by Crippen LogP contribution is -2.20. The second-order valence-electron chi connectivity index (χ2n) is 5.31. The summed E-state index contributed by atoms with van der Waals surface area (Å²) < 4.78 is 18.4. The summed E-state index contributed by atoms with van der Waals surface area (Å²) in [7, 11) is 1.38. The van der Waals surface area contributed by atoms with Crippen LogP contribution in [0.3, 0.4) is 0 Å². The first-order valence-electron chi connectivity index (χ1n) is 7.91. The van der Waals surface area contributed by atoms with Crippen molar-refractivity contribution in [2.24, 2.45) is 0 Å². The number of aliphatic hydroxyl groups is 1. The lowest BCUT2D eigenvalue weighted by atomic mass is 9.99. The van der Waals surface area contributed by atoms with Crippen molar-refractivity contribution in [3.8, 4) is 0 Å². The monoisotopic (exact) mass is 348 g/mol. The molecule has 6 nitrogen and oxygen atoms in total. The topological polar surface area (TPSA) is 101 Å². The van der Waals surface area contributed by atoms with Crippen molar-refractivity contribution in [3.63, 3.8) is 0 Å². The maximum atomic E-state index is 13.5. The van der Waals surface area contributed by atoms with Crippen molar-refractivity contribution in [1.29, 1.82) is 10.8 Å². The normalized spacial score (nSPS) is 13.2. The molecule has 136 valence electrons. The van der Waals surface area contributed by atoms with Gasteiger partial charge in [-0.05, 0) is 37.6 Å². The first-order chi connectivity index (χ1) is 11.9. The van der Waals surface area contributed by atoms with E-state index in [1.807, 2.05) is 6.92 Å². The predicted molar refractivity (Wildman–Crippen MR) is 98.3 cm³/mol. The Morgan fingerprint density at radius 2 is 2.16 bits per heavy atom. The molecule has 0 aromatic heterocycles. The molecule has 0 heterocycles. The van der Waals surface area contributed by atoms with Crippen LogP contribution in [-0.2, 0) is 4.74 Å². The zero-order valence-corrected chi connectivity index (χ0v) is 14.7. The van der Waals surface area contributed by atoms with Gasteiger partial charge in [0, 0.05) is 48.4 Å². The number of aliphatic hydroxyl groups excluding tert-OH is 1. The van der Waals surface area contributed by atoms with Gasteiger partial charge in [0.05, 0.1) is 13.2 Å². The molecule has 0 saturated carbocycles. The van der Waals surface area contributed by atoms with Crippen molar-refractivity contribution >= 4 is 17.8 Å². The first kappa shape index (κ1) is 20.4. The third-order valence-corrected chi connectivity index (χ3v) is 3.41. The molecule has 1 aromatic carbocycles. The lowest BCUT2D eigenvalue weighted by Gasteiger charge is -2.17. The Bertz CT molecular complexity index is 669. The van der Waals surface area contributed by atoms with Crippen LogP contribution in [-0.4, -0.2) is 37.4 Å². The molecule has 0 fully saturated rings. The zero-order chi connectivity index (χ0) is 18.8. The van der Waals surface area contributed by atoms with Crippen LogP contribution in [0, 0.1) is 16.6 Å². The average Bonchev–Trinajstić information content (AvgIpc) is 2.60. The average molecular weight is 348 g/mol. The second kappa shape index (κ2) is 10.2. The molecule has 25 heavy (non-hydrogen) atoms. The summed E-state index contributed by atoms with van der Waals surface area (Å²) in [6.07, 6.45) is 3.51. The van der Waals surface area contributed by atoms with E-state index >= 15 is 0 Å². The highest BCUT2D eigenvalue weighted by Gasteiger charge is 2.14. The van der Waals surface area contributed by atoms with E-state index in [1.54, 1.807) is 13.1 Å². The molecule has 0 saturated heterocycles. The van der Waals surface area contributed by atoms with Crippen molar-refractivity contribution in [2.45, 2.75) is 20.0 Å². The summed E-state index contributed by atoms with van der Waals surface area (Å²) in [5, 5.41) is 31.3. The zero-order valence-electron chi connectivity index (χ0n) is 14.7. The predicted octanol–water partition coefficient (Wildman–Crippen LogP) is 2.58. The molecule has 0 unspecified atom stereocenters. The number of rotatable bonds is 9. The molecule has 5 N–H and O–H groups in total. The van der Waals surface area contributed by atoms with Crippen LogP contribution in [0.5, 0.6) is 0 Å². The molecule has 0 aliphatic carbocycles. The third kappa shape index (κ3) is 6.39. The fourth-order valence-corrected chi connectivity index (χ4v) is 2.11. The highest BCUT2D eigenvalue weighted by atomic mass is 19.1. The van der Waals surface area contributed by atoms with Gasteiger partial charge in [0.25, 0.3) is 0 Å². The van der Waals surface area contributed by atoms with Crippen LogP contribution in [0.25, 0.3) is 5.70 Å². The fourth-order valence-electron chi connectivity index (χ4n) is 2.11.